The lowest BCUT2D eigenvalue weighted by Crippen LogP contribution is -2.50. The topological polar surface area (TPSA) is 68.5 Å². The van der Waals surface area contributed by atoms with Gasteiger partial charge < -0.3 is 14.2 Å². The van der Waals surface area contributed by atoms with Gasteiger partial charge in [-0.25, -0.2) is 0 Å². The first kappa shape index (κ1) is 15.2. The fraction of sp³-hybridized carbons (Fsp3) is 0.533. The molecule has 0 radical (unpaired) electrons. The highest BCUT2D eigenvalue weighted by molar-refractivity contribution is 7.13. The average molecular weight is 321 g/mol. The van der Waals surface area contributed by atoms with Crippen LogP contribution in [0.25, 0.3) is 10.7 Å². The molecular weight excluding hydrogens is 302 g/mol. The molecule has 3 rings (SSSR count). The van der Waals surface area contributed by atoms with Gasteiger partial charge in [0.05, 0.1) is 23.6 Å². The van der Waals surface area contributed by atoms with Crippen LogP contribution in [0, 0.1) is 0 Å². The number of hydrogen-bond donors (Lipinski definition) is 0. The van der Waals surface area contributed by atoms with Gasteiger partial charge in [0.2, 0.25) is 17.6 Å². The van der Waals surface area contributed by atoms with Crippen LogP contribution in [-0.2, 0) is 16.0 Å². The van der Waals surface area contributed by atoms with E-state index in [4.69, 9.17) is 9.26 Å². The van der Waals surface area contributed by atoms with Crippen LogP contribution in [0.3, 0.4) is 0 Å². The largest absolute Gasteiger partial charge is 0.375 e. The second-order valence-electron chi connectivity index (χ2n) is 5.53. The van der Waals surface area contributed by atoms with Crippen molar-refractivity contribution < 1.29 is 14.1 Å². The summed E-state index contributed by atoms with van der Waals surface area (Å²) >= 11 is 1.56. The van der Waals surface area contributed by atoms with Crippen LogP contribution in [0.2, 0.25) is 0 Å². The fourth-order valence-electron chi connectivity index (χ4n) is 2.47. The number of amides is 1. The number of nitrogens with zero attached hydrogens (tertiary/aromatic N) is 3. The molecule has 22 heavy (non-hydrogen) atoms. The maximum atomic E-state index is 12.3. The minimum atomic E-state index is 0.0917. The van der Waals surface area contributed by atoms with E-state index in [0.717, 1.165) is 4.88 Å². The van der Waals surface area contributed by atoms with E-state index in [9.17, 15) is 4.79 Å². The molecule has 0 N–H and O–H groups in total. The quantitative estimate of drug-likeness (QED) is 0.865. The van der Waals surface area contributed by atoms with Gasteiger partial charge in [-0.15, -0.1) is 11.3 Å². The zero-order chi connectivity index (χ0) is 15.5. The first-order chi connectivity index (χ1) is 10.6. The Hall–Kier alpha value is -1.73. The number of aryl methyl sites for hydroxylation is 1. The highest BCUT2D eigenvalue weighted by Crippen LogP contribution is 2.21. The van der Waals surface area contributed by atoms with E-state index in [-0.39, 0.29) is 18.1 Å². The molecule has 1 aliphatic heterocycles. The fourth-order valence-corrected chi connectivity index (χ4v) is 3.12. The molecular formula is C15H19N3O3S. The minimum absolute atomic E-state index is 0.0917. The molecule has 2 aromatic heterocycles. The van der Waals surface area contributed by atoms with Gasteiger partial charge in [-0.05, 0) is 25.3 Å². The van der Waals surface area contributed by atoms with Gasteiger partial charge in [0, 0.05) is 19.4 Å². The summed E-state index contributed by atoms with van der Waals surface area (Å²) in [4.78, 5) is 19.5. The number of morpholine rings is 1. The normalized spacial score (nSPS) is 22.0. The summed E-state index contributed by atoms with van der Waals surface area (Å²) in [6.07, 6.45) is 0.938. The molecule has 0 bridgehead atoms. The smallest absolute Gasteiger partial charge is 0.227 e. The SMILES string of the molecule is CC1CN(C(=O)CCc2nc(-c3cccs3)no2)C(C)CO1. The van der Waals surface area contributed by atoms with Crippen LogP contribution >= 0.6 is 11.3 Å². The molecule has 1 saturated heterocycles. The molecule has 6 nitrogen and oxygen atoms in total. The zero-order valence-electron chi connectivity index (χ0n) is 12.7. The van der Waals surface area contributed by atoms with Crippen LogP contribution in [0.5, 0.6) is 0 Å². The second-order valence-corrected chi connectivity index (χ2v) is 6.48. The van der Waals surface area contributed by atoms with Gasteiger partial charge in [-0.1, -0.05) is 11.2 Å². The van der Waals surface area contributed by atoms with Crippen LogP contribution in [0.4, 0.5) is 0 Å². The Morgan fingerprint density at radius 1 is 1.50 bits per heavy atom. The van der Waals surface area contributed by atoms with Crippen LogP contribution in [0.1, 0.15) is 26.2 Å². The summed E-state index contributed by atoms with van der Waals surface area (Å²) in [6.45, 7) is 5.23. The van der Waals surface area contributed by atoms with Crippen molar-refractivity contribution in [1.82, 2.24) is 15.0 Å². The van der Waals surface area contributed by atoms with Gasteiger partial charge in [-0.3, -0.25) is 4.79 Å². The lowest BCUT2D eigenvalue weighted by Gasteiger charge is -2.36. The van der Waals surface area contributed by atoms with E-state index in [1.807, 2.05) is 36.3 Å². The van der Waals surface area contributed by atoms with Crippen molar-refractivity contribution in [3.63, 3.8) is 0 Å². The number of ether oxygens (including phenoxy) is 1. The van der Waals surface area contributed by atoms with Crippen LogP contribution < -0.4 is 0 Å². The predicted octanol–water partition coefficient (Wildman–Crippen LogP) is 2.37. The molecule has 1 fully saturated rings. The van der Waals surface area contributed by atoms with Gasteiger partial charge in [0.1, 0.15) is 0 Å². The Morgan fingerprint density at radius 3 is 3.14 bits per heavy atom. The van der Waals surface area contributed by atoms with Crippen LogP contribution in [-0.4, -0.2) is 46.2 Å². The second kappa shape index (κ2) is 6.58. The minimum Gasteiger partial charge on any atom is -0.375 e. The lowest BCUT2D eigenvalue weighted by atomic mass is 10.1. The molecule has 7 heteroatoms. The van der Waals surface area contributed by atoms with Gasteiger partial charge in [-0.2, -0.15) is 4.98 Å². The number of thiophene rings is 1. The lowest BCUT2D eigenvalue weighted by molar-refractivity contribution is -0.143. The summed E-state index contributed by atoms with van der Waals surface area (Å²) in [5.41, 5.74) is 0. The summed E-state index contributed by atoms with van der Waals surface area (Å²) in [6, 6.07) is 4.01. The molecule has 3 heterocycles. The number of rotatable bonds is 4. The maximum Gasteiger partial charge on any atom is 0.227 e. The highest BCUT2D eigenvalue weighted by atomic mass is 32.1. The number of carbonyl (C=O) groups is 1. The first-order valence-electron chi connectivity index (χ1n) is 7.41. The number of carbonyl (C=O) groups excluding carboxylic acids is 1. The molecule has 0 spiro atoms. The van der Waals surface area contributed by atoms with E-state index in [1.54, 1.807) is 11.3 Å². The summed E-state index contributed by atoms with van der Waals surface area (Å²) in [5.74, 6) is 1.20. The van der Waals surface area contributed by atoms with Crippen molar-refractivity contribution in [2.75, 3.05) is 13.2 Å². The van der Waals surface area contributed by atoms with Gasteiger partial charge in [0.25, 0.3) is 0 Å². The molecule has 2 aromatic rings. The molecule has 0 aromatic carbocycles. The van der Waals surface area contributed by atoms with Crippen molar-refractivity contribution in [2.24, 2.45) is 0 Å². The van der Waals surface area contributed by atoms with E-state index >= 15 is 0 Å². The Morgan fingerprint density at radius 2 is 2.36 bits per heavy atom. The standard InChI is InChI=1S/C15H19N3O3S/c1-10-9-20-11(2)8-18(10)14(19)6-5-13-16-15(17-21-13)12-4-3-7-22-12/h3-4,7,10-11H,5-6,8-9H2,1-2H3. The third-order valence-electron chi connectivity index (χ3n) is 3.69. The summed E-state index contributed by atoms with van der Waals surface area (Å²) in [7, 11) is 0. The van der Waals surface area contributed by atoms with Gasteiger partial charge in [0.15, 0.2) is 0 Å². The van der Waals surface area contributed by atoms with Crippen molar-refractivity contribution in [3.05, 3.63) is 23.4 Å². The highest BCUT2D eigenvalue weighted by Gasteiger charge is 2.27. The number of aromatic nitrogens is 2. The molecule has 118 valence electrons. The zero-order valence-corrected chi connectivity index (χ0v) is 13.5. The molecule has 2 unspecified atom stereocenters. The first-order valence-corrected chi connectivity index (χ1v) is 8.29. The van der Waals surface area contributed by atoms with Crippen molar-refractivity contribution in [3.8, 4) is 10.7 Å². The van der Waals surface area contributed by atoms with Gasteiger partial charge >= 0.3 is 0 Å². The van der Waals surface area contributed by atoms with Crippen molar-refractivity contribution >= 4 is 17.2 Å². The average Bonchev–Trinajstić information content (AvgIpc) is 3.17. The Bertz CT molecular complexity index is 626. The molecule has 2 atom stereocenters. The van der Waals surface area contributed by atoms with E-state index in [2.05, 4.69) is 10.1 Å². The third-order valence-corrected chi connectivity index (χ3v) is 4.56. The van der Waals surface area contributed by atoms with E-state index in [0.29, 0.717) is 37.7 Å². The predicted molar refractivity (Wildman–Crippen MR) is 82.5 cm³/mol. The third kappa shape index (κ3) is 3.36. The Labute approximate surface area is 133 Å². The summed E-state index contributed by atoms with van der Waals surface area (Å²) in [5, 5.41) is 5.92. The molecule has 0 aliphatic carbocycles. The number of hydrogen-bond acceptors (Lipinski definition) is 6. The molecule has 1 aliphatic rings. The molecule has 0 saturated carbocycles. The van der Waals surface area contributed by atoms with Crippen LogP contribution in [0.15, 0.2) is 22.0 Å². The van der Waals surface area contributed by atoms with E-state index in [1.165, 1.54) is 0 Å². The Kier molecular flexibility index (Phi) is 4.54. The van der Waals surface area contributed by atoms with Crippen molar-refractivity contribution in [2.45, 2.75) is 38.8 Å². The monoisotopic (exact) mass is 321 g/mol. The Balaban J connectivity index is 1.57. The summed E-state index contributed by atoms with van der Waals surface area (Å²) < 4.78 is 10.8. The van der Waals surface area contributed by atoms with E-state index < -0.39 is 0 Å². The van der Waals surface area contributed by atoms with Crippen molar-refractivity contribution in [1.29, 1.82) is 0 Å². The molecule has 1 amide bonds. The maximum absolute atomic E-state index is 12.3.